The molecule has 0 radical (unpaired) electrons. The molecular formula is C18H22O5. The van der Waals surface area contributed by atoms with Crippen LogP contribution in [0.4, 0.5) is 0 Å². The summed E-state index contributed by atoms with van der Waals surface area (Å²) in [6.07, 6.45) is 1.60. The van der Waals surface area contributed by atoms with E-state index in [2.05, 4.69) is 13.2 Å². The van der Waals surface area contributed by atoms with Gasteiger partial charge >= 0.3 is 11.9 Å². The van der Waals surface area contributed by atoms with Crippen LogP contribution in [0.15, 0.2) is 43.5 Å². The molecule has 0 aromatic heterocycles. The highest BCUT2D eigenvalue weighted by atomic mass is 16.6. The minimum Gasteiger partial charge on any atom is -0.489 e. The van der Waals surface area contributed by atoms with Gasteiger partial charge in [-0.05, 0) is 25.5 Å². The zero-order valence-electron chi connectivity index (χ0n) is 13.5. The molecule has 0 saturated carbocycles. The highest BCUT2D eigenvalue weighted by Gasteiger charge is 2.34. The molecule has 0 heterocycles. The number of benzene rings is 1. The van der Waals surface area contributed by atoms with Crippen LogP contribution in [0.5, 0.6) is 5.75 Å². The van der Waals surface area contributed by atoms with Crippen molar-refractivity contribution in [2.24, 2.45) is 5.92 Å². The first kappa shape index (κ1) is 18.5. The summed E-state index contributed by atoms with van der Waals surface area (Å²) in [6, 6.07) is 7.02. The fraction of sp³-hybridized carbons (Fsp3) is 0.333. The number of para-hydroxylation sites is 1. The minimum absolute atomic E-state index is 0.163. The van der Waals surface area contributed by atoms with E-state index in [0.29, 0.717) is 17.9 Å². The van der Waals surface area contributed by atoms with Crippen LogP contribution in [0.25, 0.3) is 5.57 Å². The van der Waals surface area contributed by atoms with Crippen molar-refractivity contribution in [1.82, 2.24) is 0 Å². The van der Waals surface area contributed by atoms with Gasteiger partial charge in [0.15, 0.2) is 5.92 Å². The molecule has 0 saturated heterocycles. The molecule has 1 aromatic rings. The summed E-state index contributed by atoms with van der Waals surface area (Å²) in [5.74, 6) is -2.08. The monoisotopic (exact) mass is 318 g/mol. The van der Waals surface area contributed by atoms with Gasteiger partial charge in [0.1, 0.15) is 12.4 Å². The maximum absolute atomic E-state index is 12.2. The lowest BCUT2D eigenvalue weighted by atomic mass is 9.93. The summed E-state index contributed by atoms with van der Waals surface area (Å²) in [6.45, 7) is 11.5. The predicted octanol–water partition coefficient (Wildman–Crippen LogP) is 3.01. The van der Waals surface area contributed by atoms with Gasteiger partial charge in [-0.3, -0.25) is 9.59 Å². The van der Waals surface area contributed by atoms with E-state index < -0.39 is 17.9 Å². The van der Waals surface area contributed by atoms with Crippen LogP contribution < -0.4 is 4.74 Å². The molecule has 0 atom stereocenters. The predicted molar refractivity (Wildman–Crippen MR) is 87.9 cm³/mol. The zero-order valence-corrected chi connectivity index (χ0v) is 13.5. The lowest BCUT2D eigenvalue weighted by Gasteiger charge is -2.19. The third kappa shape index (κ3) is 4.98. The van der Waals surface area contributed by atoms with Crippen LogP contribution in [0.2, 0.25) is 0 Å². The lowest BCUT2D eigenvalue weighted by molar-refractivity contribution is -0.158. The normalized spacial score (nSPS) is 10.0. The van der Waals surface area contributed by atoms with Gasteiger partial charge in [-0.15, -0.1) is 0 Å². The number of carbonyl (C=O) groups excluding carboxylic acids is 2. The van der Waals surface area contributed by atoms with E-state index in [1.54, 1.807) is 44.2 Å². The Balaban J connectivity index is 3.16. The lowest BCUT2D eigenvalue weighted by Crippen LogP contribution is -2.29. The van der Waals surface area contributed by atoms with Crippen molar-refractivity contribution in [1.29, 1.82) is 0 Å². The largest absolute Gasteiger partial charge is 0.489 e. The Bertz CT molecular complexity index is 559. The van der Waals surface area contributed by atoms with E-state index in [1.807, 2.05) is 0 Å². The Labute approximate surface area is 136 Å². The fourth-order valence-electron chi connectivity index (χ4n) is 1.99. The third-order valence-corrected chi connectivity index (χ3v) is 2.98. The first-order chi connectivity index (χ1) is 11.1. The van der Waals surface area contributed by atoms with Crippen molar-refractivity contribution >= 4 is 17.5 Å². The molecule has 0 spiro atoms. The SMILES string of the molecule is C=CCOc1ccccc1C(=C)C(C(=O)OCC)C(=O)OCC. The van der Waals surface area contributed by atoms with Crippen molar-refractivity contribution in [2.45, 2.75) is 13.8 Å². The summed E-state index contributed by atoms with van der Waals surface area (Å²) in [7, 11) is 0. The van der Waals surface area contributed by atoms with E-state index in [4.69, 9.17) is 14.2 Å². The van der Waals surface area contributed by atoms with Crippen molar-refractivity contribution in [2.75, 3.05) is 19.8 Å². The van der Waals surface area contributed by atoms with Crippen molar-refractivity contribution in [3.63, 3.8) is 0 Å². The Morgan fingerprint density at radius 1 is 1.13 bits per heavy atom. The van der Waals surface area contributed by atoms with E-state index >= 15 is 0 Å². The topological polar surface area (TPSA) is 61.8 Å². The summed E-state index contributed by atoms with van der Waals surface area (Å²) in [5, 5.41) is 0. The first-order valence-electron chi connectivity index (χ1n) is 7.41. The fourth-order valence-corrected chi connectivity index (χ4v) is 1.99. The molecule has 0 amide bonds. The van der Waals surface area contributed by atoms with Crippen molar-refractivity contribution in [3.8, 4) is 5.75 Å². The Hall–Kier alpha value is -2.56. The first-order valence-corrected chi connectivity index (χ1v) is 7.41. The Morgan fingerprint density at radius 3 is 2.22 bits per heavy atom. The second-order valence-electron chi connectivity index (χ2n) is 4.56. The number of rotatable bonds is 9. The van der Waals surface area contributed by atoms with E-state index in [1.165, 1.54) is 0 Å². The van der Waals surface area contributed by atoms with Crippen LogP contribution in [-0.2, 0) is 19.1 Å². The minimum atomic E-state index is -1.22. The molecular weight excluding hydrogens is 296 g/mol. The van der Waals surface area contributed by atoms with E-state index in [-0.39, 0.29) is 18.8 Å². The molecule has 5 nitrogen and oxygen atoms in total. The van der Waals surface area contributed by atoms with Crippen molar-refractivity contribution < 1.29 is 23.8 Å². The molecule has 1 aromatic carbocycles. The number of ether oxygens (including phenoxy) is 3. The molecule has 0 fully saturated rings. The second-order valence-corrected chi connectivity index (χ2v) is 4.56. The molecule has 0 aliphatic carbocycles. The van der Waals surface area contributed by atoms with Gasteiger partial charge in [0, 0.05) is 5.56 Å². The summed E-state index contributed by atoms with van der Waals surface area (Å²) < 4.78 is 15.5. The zero-order chi connectivity index (χ0) is 17.2. The van der Waals surface area contributed by atoms with E-state index in [9.17, 15) is 9.59 Å². The van der Waals surface area contributed by atoms with Crippen LogP contribution in [0, 0.1) is 5.92 Å². The summed E-state index contributed by atoms with van der Waals surface area (Å²) in [5.41, 5.74) is 0.835. The molecule has 0 aliphatic heterocycles. The van der Waals surface area contributed by atoms with Gasteiger partial charge in [0.25, 0.3) is 0 Å². The average Bonchev–Trinajstić information content (AvgIpc) is 2.53. The van der Waals surface area contributed by atoms with Crippen LogP contribution in [0.3, 0.4) is 0 Å². The number of hydrogen-bond donors (Lipinski definition) is 0. The summed E-state index contributed by atoms with van der Waals surface area (Å²) >= 11 is 0. The number of esters is 2. The molecule has 0 bridgehead atoms. The van der Waals surface area contributed by atoms with Gasteiger partial charge in [-0.2, -0.15) is 0 Å². The van der Waals surface area contributed by atoms with Crippen LogP contribution in [0.1, 0.15) is 19.4 Å². The standard InChI is InChI=1S/C18H22O5/c1-5-12-23-15-11-9-8-10-14(15)13(4)16(17(19)21-6-2)18(20)22-7-3/h5,8-11,16H,1,4,6-7,12H2,2-3H3. The summed E-state index contributed by atoms with van der Waals surface area (Å²) in [4.78, 5) is 24.3. The van der Waals surface area contributed by atoms with Crippen LogP contribution in [-0.4, -0.2) is 31.8 Å². The van der Waals surface area contributed by atoms with Gasteiger partial charge in [0.05, 0.1) is 13.2 Å². The highest BCUT2D eigenvalue weighted by Crippen LogP contribution is 2.31. The Kier molecular flexibility index (Phi) is 7.60. The highest BCUT2D eigenvalue weighted by molar-refractivity contribution is 6.06. The van der Waals surface area contributed by atoms with Gasteiger partial charge in [-0.1, -0.05) is 37.4 Å². The molecule has 0 N–H and O–H groups in total. The maximum Gasteiger partial charge on any atom is 0.324 e. The van der Waals surface area contributed by atoms with Crippen molar-refractivity contribution in [3.05, 3.63) is 49.1 Å². The maximum atomic E-state index is 12.2. The molecule has 0 aliphatic rings. The smallest absolute Gasteiger partial charge is 0.324 e. The molecule has 124 valence electrons. The van der Waals surface area contributed by atoms with E-state index in [0.717, 1.165) is 0 Å². The second kappa shape index (κ2) is 9.46. The molecule has 23 heavy (non-hydrogen) atoms. The molecule has 0 unspecified atom stereocenters. The number of hydrogen-bond acceptors (Lipinski definition) is 5. The molecule has 1 rings (SSSR count). The molecule has 5 heteroatoms. The van der Waals surface area contributed by atoms with Gasteiger partial charge in [0.2, 0.25) is 0 Å². The van der Waals surface area contributed by atoms with Gasteiger partial charge in [-0.25, -0.2) is 0 Å². The quantitative estimate of drug-likeness (QED) is 0.398. The van der Waals surface area contributed by atoms with Crippen LogP contribution >= 0.6 is 0 Å². The third-order valence-electron chi connectivity index (χ3n) is 2.98. The Morgan fingerprint density at radius 2 is 1.70 bits per heavy atom. The van der Waals surface area contributed by atoms with Gasteiger partial charge < -0.3 is 14.2 Å². The number of carbonyl (C=O) groups is 2. The average molecular weight is 318 g/mol.